The standard InChI is InChI=1S/C18H18N6O/c1-10-9-24(23-11(10)2)14-6-4-13(5-7-14)8-15-19-17-16(18(25)20-15)12(3)21-22-17/h4-7,9,15H,8H2,1-3H3,(H,20,25). The van der Waals surface area contributed by atoms with Crippen LogP contribution in [0.25, 0.3) is 5.69 Å². The van der Waals surface area contributed by atoms with E-state index < -0.39 is 0 Å². The summed E-state index contributed by atoms with van der Waals surface area (Å²) in [4.78, 5) is 16.7. The van der Waals surface area contributed by atoms with Gasteiger partial charge in [-0.3, -0.25) is 4.79 Å². The van der Waals surface area contributed by atoms with Gasteiger partial charge in [0, 0.05) is 12.6 Å². The molecule has 1 aromatic heterocycles. The number of benzene rings is 1. The maximum atomic E-state index is 12.2. The summed E-state index contributed by atoms with van der Waals surface area (Å²) in [6.07, 6.45) is 2.30. The predicted octanol–water partition coefficient (Wildman–Crippen LogP) is 2.63. The van der Waals surface area contributed by atoms with Crippen LogP contribution in [0.4, 0.5) is 0 Å². The first-order chi connectivity index (χ1) is 12.0. The molecule has 2 aromatic rings. The average molecular weight is 334 g/mol. The van der Waals surface area contributed by atoms with E-state index in [1.807, 2.05) is 49.0 Å². The Labute approximate surface area is 145 Å². The highest BCUT2D eigenvalue weighted by atomic mass is 16.2. The number of aliphatic imine (C=N–C) groups is 1. The number of carbonyl (C=O) groups is 1. The van der Waals surface area contributed by atoms with E-state index in [9.17, 15) is 4.79 Å². The molecule has 0 bridgehead atoms. The molecule has 1 atom stereocenters. The quantitative estimate of drug-likeness (QED) is 0.936. The maximum absolute atomic E-state index is 12.2. The van der Waals surface area contributed by atoms with E-state index in [-0.39, 0.29) is 12.1 Å². The minimum Gasteiger partial charge on any atom is -0.330 e. The fraction of sp³-hybridized carbons (Fsp3) is 0.278. The zero-order valence-electron chi connectivity index (χ0n) is 14.3. The molecule has 0 spiro atoms. The molecule has 0 radical (unpaired) electrons. The Morgan fingerprint density at radius 2 is 1.88 bits per heavy atom. The number of amides is 1. The van der Waals surface area contributed by atoms with Gasteiger partial charge in [0.25, 0.3) is 5.91 Å². The number of fused-ring (bicyclic) bond motifs is 1. The Kier molecular flexibility index (Phi) is 3.56. The lowest BCUT2D eigenvalue weighted by atomic mass is 10.1. The number of aryl methyl sites for hydroxylation is 2. The van der Waals surface area contributed by atoms with Crippen LogP contribution in [0, 0.1) is 13.8 Å². The Bertz CT molecular complexity index is 929. The number of rotatable bonds is 3. The van der Waals surface area contributed by atoms with Crippen LogP contribution < -0.4 is 5.32 Å². The van der Waals surface area contributed by atoms with Crippen LogP contribution in [0.1, 0.15) is 23.7 Å². The van der Waals surface area contributed by atoms with Gasteiger partial charge < -0.3 is 5.32 Å². The van der Waals surface area contributed by atoms with Crippen molar-refractivity contribution in [1.29, 1.82) is 0 Å². The van der Waals surface area contributed by atoms with Crippen LogP contribution in [0.3, 0.4) is 0 Å². The highest BCUT2D eigenvalue weighted by Gasteiger charge is 2.30. The van der Waals surface area contributed by atoms with Gasteiger partial charge in [-0.15, -0.1) is 5.11 Å². The van der Waals surface area contributed by atoms with Crippen molar-refractivity contribution in [3.63, 3.8) is 0 Å². The van der Waals surface area contributed by atoms with Gasteiger partial charge in [0.1, 0.15) is 11.7 Å². The number of azo groups is 1. The summed E-state index contributed by atoms with van der Waals surface area (Å²) in [5.74, 6) is 0.280. The number of aromatic nitrogens is 2. The molecule has 0 aliphatic carbocycles. The van der Waals surface area contributed by atoms with Crippen molar-refractivity contribution in [2.45, 2.75) is 33.4 Å². The van der Waals surface area contributed by atoms with E-state index in [0.717, 1.165) is 22.5 Å². The van der Waals surface area contributed by atoms with Gasteiger partial charge in [-0.25, -0.2) is 9.67 Å². The second kappa shape index (κ2) is 5.77. The monoisotopic (exact) mass is 334 g/mol. The number of nitrogens with one attached hydrogen (secondary N) is 1. The van der Waals surface area contributed by atoms with Crippen molar-refractivity contribution in [3.8, 4) is 5.69 Å². The van der Waals surface area contributed by atoms with Gasteiger partial charge in [-0.1, -0.05) is 12.1 Å². The molecular weight excluding hydrogens is 316 g/mol. The van der Waals surface area contributed by atoms with Crippen LogP contribution in [0.15, 0.2) is 57.0 Å². The normalized spacial score (nSPS) is 19.1. The highest BCUT2D eigenvalue weighted by Crippen LogP contribution is 2.22. The van der Waals surface area contributed by atoms with Crippen molar-refractivity contribution in [2.24, 2.45) is 15.2 Å². The number of carbonyl (C=O) groups excluding carboxylic acids is 1. The number of allylic oxidation sites excluding steroid dienone is 1. The van der Waals surface area contributed by atoms with Crippen molar-refractivity contribution in [3.05, 3.63) is 58.6 Å². The molecule has 1 amide bonds. The van der Waals surface area contributed by atoms with Crippen molar-refractivity contribution >= 4 is 11.7 Å². The van der Waals surface area contributed by atoms with E-state index in [4.69, 9.17) is 0 Å². The zero-order chi connectivity index (χ0) is 17.6. The van der Waals surface area contributed by atoms with Crippen LogP contribution in [0.5, 0.6) is 0 Å². The minimum absolute atomic E-state index is 0.156. The SMILES string of the molecule is CC1=C2C(=O)NC(Cc3ccc(-n4cc(C)c(C)n4)cc3)N=C2N=N1. The van der Waals surface area contributed by atoms with Gasteiger partial charge in [-0.05, 0) is 44.0 Å². The highest BCUT2D eigenvalue weighted by molar-refractivity contribution is 6.23. The number of amidine groups is 1. The van der Waals surface area contributed by atoms with Crippen molar-refractivity contribution < 1.29 is 4.79 Å². The number of nitrogens with zero attached hydrogens (tertiary/aromatic N) is 5. The molecule has 0 saturated carbocycles. The van der Waals surface area contributed by atoms with Gasteiger partial charge in [0.05, 0.1) is 17.1 Å². The summed E-state index contributed by atoms with van der Waals surface area (Å²) in [7, 11) is 0. The molecule has 0 fully saturated rings. The lowest BCUT2D eigenvalue weighted by molar-refractivity contribution is -0.117. The lowest BCUT2D eigenvalue weighted by Crippen LogP contribution is -2.42. The van der Waals surface area contributed by atoms with Crippen molar-refractivity contribution in [2.75, 3.05) is 0 Å². The van der Waals surface area contributed by atoms with E-state index in [2.05, 4.69) is 25.6 Å². The average Bonchev–Trinajstić information content (AvgIpc) is 3.11. The largest absolute Gasteiger partial charge is 0.330 e. The van der Waals surface area contributed by atoms with Crippen molar-refractivity contribution in [1.82, 2.24) is 15.1 Å². The third-order valence-electron chi connectivity index (χ3n) is 4.46. The van der Waals surface area contributed by atoms with Crippen LogP contribution >= 0.6 is 0 Å². The summed E-state index contributed by atoms with van der Waals surface area (Å²) in [6, 6.07) is 8.09. The van der Waals surface area contributed by atoms with Gasteiger partial charge >= 0.3 is 0 Å². The Morgan fingerprint density at radius 3 is 2.56 bits per heavy atom. The molecule has 0 saturated heterocycles. The third kappa shape index (κ3) is 2.77. The summed E-state index contributed by atoms with van der Waals surface area (Å²) in [5.41, 5.74) is 5.37. The molecule has 1 unspecified atom stereocenters. The fourth-order valence-corrected chi connectivity index (χ4v) is 2.93. The first kappa shape index (κ1) is 15.4. The molecule has 4 rings (SSSR count). The van der Waals surface area contributed by atoms with Crippen LogP contribution in [-0.4, -0.2) is 27.7 Å². The van der Waals surface area contributed by atoms with E-state index >= 15 is 0 Å². The summed E-state index contributed by atoms with van der Waals surface area (Å²) in [6.45, 7) is 5.80. The minimum atomic E-state index is -0.323. The molecule has 2 aliphatic heterocycles. The summed E-state index contributed by atoms with van der Waals surface area (Å²) in [5, 5.41) is 15.3. The Hall–Kier alpha value is -3.09. The Balaban J connectivity index is 1.52. The number of hydrogen-bond donors (Lipinski definition) is 1. The Morgan fingerprint density at radius 1 is 1.12 bits per heavy atom. The second-order valence-corrected chi connectivity index (χ2v) is 6.32. The second-order valence-electron chi connectivity index (χ2n) is 6.32. The van der Waals surface area contributed by atoms with E-state index in [1.165, 1.54) is 0 Å². The fourth-order valence-electron chi connectivity index (χ4n) is 2.93. The lowest BCUT2D eigenvalue weighted by Gasteiger charge is -2.20. The van der Waals surface area contributed by atoms with Gasteiger partial charge in [0.15, 0.2) is 5.84 Å². The van der Waals surface area contributed by atoms with E-state index in [0.29, 0.717) is 23.5 Å². The van der Waals surface area contributed by atoms with E-state index in [1.54, 1.807) is 6.92 Å². The summed E-state index contributed by atoms with van der Waals surface area (Å²) < 4.78 is 1.87. The molecule has 126 valence electrons. The molecule has 1 aromatic carbocycles. The zero-order valence-corrected chi connectivity index (χ0v) is 14.3. The molecule has 2 aliphatic rings. The summed E-state index contributed by atoms with van der Waals surface area (Å²) >= 11 is 0. The van der Waals surface area contributed by atoms with Crippen LogP contribution in [-0.2, 0) is 11.2 Å². The molecule has 1 N–H and O–H groups in total. The number of hydrogen-bond acceptors (Lipinski definition) is 5. The molecular formula is C18H18N6O. The maximum Gasteiger partial charge on any atom is 0.258 e. The first-order valence-electron chi connectivity index (χ1n) is 8.15. The topological polar surface area (TPSA) is 84.0 Å². The molecule has 7 heteroatoms. The smallest absolute Gasteiger partial charge is 0.258 e. The molecule has 3 heterocycles. The predicted molar refractivity (Wildman–Crippen MR) is 93.7 cm³/mol. The third-order valence-corrected chi connectivity index (χ3v) is 4.46. The van der Waals surface area contributed by atoms with Gasteiger partial charge in [-0.2, -0.15) is 10.2 Å². The van der Waals surface area contributed by atoms with Gasteiger partial charge in [0.2, 0.25) is 0 Å². The van der Waals surface area contributed by atoms with Crippen LogP contribution in [0.2, 0.25) is 0 Å². The first-order valence-corrected chi connectivity index (χ1v) is 8.15. The molecule has 25 heavy (non-hydrogen) atoms. The molecule has 7 nitrogen and oxygen atoms in total.